The quantitative estimate of drug-likeness (QED) is 0.400. The van der Waals surface area contributed by atoms with E-state index < -0.39 is 0 Å². The molecule has 1 aliphatic rings. The Morgan fingerprint density at radius 3 is 2.26 bits per heavy atom. The lowest BCUT2D eigenvalue weighted by molar-refractivity contribution is -0.148. The fraction of sp³-hybridized carbons (Fsp3) is 0.321. The van der Waals surface area contributed by atoms with Gasteiger partial charge in [-0.3, -0.25) is 9.59 Å². The zero-order chi connectivity index (χ0) is 24.9. The van der Waals surface area contributed by atoms with Crippen LogP contribution in [0.3, 0.4) is 0 Å². The fourth-order valence-electron chi connectivity index (χ4n) is 4.51. The van der Waals surface area contributed by atoms with Crippen molar-refractivity contribution in [1.29, 1.82) is 0 Å². The highest BCUT2D eigenvalue weighted by Gasteiger charge is 2.29. The molecule has 1 fully saturated rings. The minimum atomic E-state index is -0.381. The number of hydrogen-bond donors (Lipinski definition) is 1. The molecule has 0 unspecified atom stereocenters. The van der Waals surface area contributed by atoms with Crippen molar-refractivity contribution < 1.29 is 19.1 Å². The van der Waals surface area contributed by atoms with Gasteiger partial charge in [-0.25, -0.2) is 4.79 Å². The summed E-state index contributed by atoms with van der Waals surface area (Å²) < 4.78 is 7.43. The number of para-hydroxylation sites is 1. The van der Waals surface area contributed by atoms with Gasteiger partial charge in [0, 0.05) is 41.4 Å². The van der Waals surface area contributed by atoms with Crippen LogP contribution in [0.4, 0.5) is 10.5 Å². The van der Waals surface area contributed by atoms with Crippen molar-refractivity contribution in [2.24, 2.45) is 5.92 Å². The monoisotopic (exact) mass is 473 g/mol. The highest BCUT2D eigenvalue weighted by molar-refractivity contribution is 5.99. The van der Waals surface area contributed by atoms with Gasteiger partial charge in [-0.1, -0.05) is 35.9 Å². The molecule has 2 heterocycles. The van der Waals surface area contributed by atoms with Gasteiger partial charge in [-0.15, -0.1) is 0 Å². The van der Waals surface area contributed by atoms with Crippen LogP contribution in [0.1, 0.15) is 40.2 Å². The summed E-state index contributed by atoms with van der Waals surface area (Å²) in [4.78, 5) is 39.6. The van der Waals surface area contributed by atoms with Crippen LogP contribution in [-0.4, -0.2) is 46.9 Å². The van der Waals surface area contributed by atoms with E-state index in [9.17, 15) is 14.4 Å². The van der Waals surface area contributed by atoms with E-state index >= 15 is 0 Å². The Kier molecular flexibility index (Phi) is 7.34. The van der Waals surface area contributed by atoms with Crippen LogP contribution in [0.2, 0.25) is 0 Å². The number of carbonyl (C=O) groups is 3. The van der Waals surface area contributed by atoms with Crippen molar-refractivity contribution in [3.05, 3.63) is 83.2 Å². The Labute approximate surface area is 205 Å². The van der Waals surface area contributed by atoms with Gasteiger partial charge >= 0.3 is 12.0 Å². The van der Waals surface area contributed by atoms with Crippen molar-refractivity contribution in [1.82, 2.24) is 9.47 Å². The Morgan fingerprint density at radius 2 is 1.60 bits per heavy atom. The molecule has 0 radical (unpaired) electrons. The molecule has 1 aliphatic heterocycles. The van der Waals surface area contributed by atoms with Gasteiger partial charge in [0.25, 0.3) is 0 Å². The molecule has 1 N–H and O–H groups in total. The van der Waals surface area contributed by atoms with Crippen molar-refractivity contribution in [2.45, 2.75) is 33.6 Å². The topological polar surface area (TPSA) is 80.6 Å². The molecule has 7 nitrogen and oxygen atoms in total. The average Bonchev–Trinajstić information content (AvgIpc) is 3.17. The van der Waals surface area contributed by atoms with Crippen LogP contribution in [-0.2, 0) is 9.53 Å². The number of aromatic nitrogens is 1. The maximum atomic E-state index is 12.9. The number of benzene rings is 2. The first kappa shape index (κ1) is 24.3. The van der Waals surface area contributed by atoms with E-state index in [0.29, 0.717) is 31.5 Å². The van der Waals surface area contributed by atoms with Crippen molar-refractivity contribution in [3.8, 4) is 5.69 Å². The highest BCUT2D eigenvalue weighted by atomic mass is 16.5. The second-order valence-corrected chi connectivity index (χ2v) is 9.04. The number of nitrogens with one attached hydrogen (secondary N) is 1. The number of ketones is 1. The number of likely N-dealkylation sites (tertiary alicyclic amines) is 1. The molecule has 1 saturated heterocycles. The number of carbonyl (C=O) groups excluding carboxylic acids is 3. The third kappa shape index (κ3) is 5.62. The van der Waals surface area contributed by atoms with Gasteiger partial charge in [0.05, 0.1) is 5.92 Å². The largest absolute Gasteiger partial charge is 0.457 e. The number of anilines is 1. The molecule has 7 heteroatoms. The van der Waals surface area contributed by atoms with E-state index in [1.165, 1.54) is 5.56 Å². The molecule has 0 saturated carbocycles. The smallest absolute Gasteiger partial charge is 0.321 e. The predicted octanol–water partition coefficient (Wildman–Crippen LogP) is 5.07. The minimum Gasteiger partial charge on any atom is -0.457 e. The fourth-order valence-corrected chi connectivity index (χ4v) is 4.51. The number of esters is 1. The first-order valence-corrected chi connectivity index (χ1v) is 11.9. The number of Topliss-reactive ketones (excluding diaryl/α,β-unsaturated/α-hetero) is 1. The predicted molar refractivity (Wildman–Crippen MR) is 135 cm³/mol. The lowest BCUT2D eigenvalue weighted by atomic mass is 9.97. The molecule has 2 aromatic carbocycles. The number of ether oxygens (including phenoxy) is 1. The summed E-state index contributed by atoms with van der Waals surface area (Å²) in [6.45, 7) is 6.53. The second-order valence-electron chi connectivity index (χ2n) is 9.04. The normalized spacial score (nSPS) is 14.0. The first-order valence-electron chi connectivity index (χ1n) is 11.9. The summed E-state index contributed by atoms with van der Waals surface area (Å²) in [5.41, 5.74) is 5.22. The molecule has 182 valence electrons. The van der Waals surface area contributed by atoms with Gasteiger partial charge in [-0.2, -0.15) is 0 Å². The lowest BCUT2D eigenvalue weighted by Crippen LogP contribution is -2.42. The number of piperidine rings is 1. The maximum Gasteiger partial charge on any atom is 0.321 e. The molecular formula is C28H31N3O4. The number of urea groups is 1. The van der Waals surface area contributed by atoms with Crippen LogP contribution in [0, 0.1) is 26.7 Å². The van der Waals surface area contributed by atoms with E-state index in [4.69, 9.17) is 4.74 Å². The summed E-state index contributed by atoms with van der Waals surface area (Å²) >= 11 is 0. The minimum absolute atomic E-state index is 0.179. The highest BCUT2D eigenvalue weighted by Crippen LogP contribution is 2.23. The summed E-state index contributed by atoms with van der Waals surface area (Å²) in [7, 11) is 0. The lowest BCUT2D eigenvalue weighted by Gasteiger charge is -2.30. The van der Waals surface area contributed by atoms with Gasteiger partial charge < -0.3 is 19.5 Å². The number of hydrogen-bond acceptors (Lipinski definition) is 4. The third-order valence-electron chi connectivity index (χ3n) is 6.51. The van der Waals surface area contributed by atoms with Crippen LogP contribution < -0.4 is 5.32 Å². The molecule has 0 bridgehead atoms. The molecule has 0 spiro atoms. The van der Waals surface area contributed by atoms with Crippen molar-refractivity contribution in [2.75, 3.05) is 25.0 Å². The molecule has 4 rings (SSSR count). The van der Waals surface area contributed by atoms with Crippen molar-refractivity contribution >= 4 is 23.5 Å². The first-order chi connectivity index (χ1) is 16.8. The van der Waals surface area contributed by atoms with Crippen molar-refractivity contribution in [3.63, 3.8) is 0 Å². The molecule has 1 aromatic heterocycles. The summed E-state index contributed by atoms with van der Waals surface area (Å²) in [6, 6.07) is 19.1. The van der Waals surface area contributed by atoms with E-state index in [0.717, 1.165) is 22.8 Å². The average molecular weight is 474 g/mol. The Morgan fingerprint density at radius 1 is 0.943 bits per heavy atom. The van der Waals surface area contributed by atoms with Gasteiger partial charge in [-0.05, 0) is 63.9 Å². The van der Waals surface area contributed by atoms with E-state index in [1.54, 1.807) is 4.90 Å². The zero-order valence-electron chi connectivity index (χ0n) is 20.4. The van der Waals surface area contributed by atoms with E-state index in [1.807, 2.05) is 86.0 Å². The number of aryl methyl sites for hydroxylation is 2. The molecule has 2 amide bonds. The summed E-state index contributed by atoms with van der Waals surface area (Å²) in [5.74, 6) is -0.915. The van der Waals surface area contributed by atoms with Crippen LogP contribution in [0.15, 0.2) is 60.7 Å². The molecular weight excluding hydrogens is 442 g/mol. The van der Waals surface area contributed by atoms with Gasteiger partial charge in [0.15, 0.2) is 6.61 Å². The van der Waals surface area contributed by atoms with E-state index in [-0.39, 0.29) is 30.3 Å². The Bertz CT molecular complexity index is 1210. The molecule has 35 heavy (non-hydrogen) atoms. The van der Waals surface area contributed by atoms with Crippen LogP contribution >= 0.6 is 0 Å². The number of rotatable bonds is 6. The maximum absolute atomic E-state index is 12.9. The van der Waals surface area contributed by atoms with Crippen LogP contribution in [0.25, 0.3) is 5.69 Å². The number of nitrogens with zero attached hydrogens (tertiary/aromatic N) is 2. The van der Waals surface area contributed by atoms with Crippen LogP contribution in [0.5, 0.6) is 0 Å². The Hall–Kier alpha value is -3.87. The SMILES string of the molecule is Cc1ccc(-n2c(C)cc(C(=O)COC(=O)C3CCN(C(=O)Nc4ccccc4)CC3)c2C)cc1. The molecule has 0 aliphatic carbocycles. The Balaban J connectivity index is 1.29. The van der Waals surface area contributed by atoms with E-state index in [2.05, 4.69) is 5.32 Å². The summed E-state index contributed by atoms with van der Waals surface area (Å²) in [5, 5.41) is 2.86. The molecule has 3 aromatic rings. The zero-order valence-corrected chi connectivity index (χ0v) is 20.4. The summed E-state index contributed by atoms with van der Waals surface area (Å²) in [6.07, 6.45) is 1.02. The standard InChI is InChI=1S/C28H31N3O4/c1-19-9-11-24(12-10-19)31-20(2)17-25(21(31)3)26(32)18-35-27(33)22-13-15-30(16-14-22)28(34)29-23-7-5-4-6-8-23/h4-12,17,22H,13-16,18H2,1-3H3,(H,29,34). The second kappa shape index (κ2) is 10.6. The van der Waals surface area contributed by atoms with Gasteiger partial charge in [0.2, 0.25) is 5.78 Å². The third-order valence-corrected chi connectivity index (χ3v) is 6.51. The van der Waals surface area contributed by atoms with Gasteiger partial charge in [0.1, 0.15) is 0 Å². The number of amides is 2. The molecule has 0 atom stereocenters.